The van der Waals surface area contributed by atoms with Crippen LogP contribution in [0.3, 0.4) is 0 Å². The highest BCUT2D eigenvalue weighted by molar-refractivity contribution is 6.07. The van der Waals surface area contributed by atoms with Crippen molar-refractivity contribution in [3.05, 3.63) is 83.4 Å². The second kappa shape index (κ2) is 8.24. The van der Waals surface area contributed by atoms with Gasteiger partial charge in [-0.25, -0.2) is 0 Å². The zero-order valence-corrected chi connectivity index (χ0v) is 15.1. The Kier molecular flexibility index (Phi) is 5.57. The molecule has 0 aromatic heterocycles. The molecule has 3 aromatic carbocycles. The Balaban J connectivity index is 1.82. The number of nitrogen functional groups attached to an aromatic ring is 2. The second-order valence-corrected chi connectivity index (χ2v) is 6.19. The van der Waals surface area contributed by atoms with Gasteiger partial charge in [0.2, 0.25) is 0 Å². The van der Waals surface area contributed by atoms with Crippen LogP contribution in [-0.2, 0) is 6.54 Å². The van der Waals surface area contributed by atoms with Crippen molar-refractivity contribution in [2.45, 2.75) is 6.54 Å². The lowest BCUT2D eigenvalue weighted by Gasteiger charge is -2.15. The minimum atomic E-state index is -0.295. The van der Waals surface area contributed by atoms with Gasteiger partial charge in [0.15, 0.2) is 0 Å². The lowest BCUT2D eigenvalue weighted by atomic mass is 10.1. The number of carbonyl (C=O) groups is 2. The van der Waals surface area contributed by atoms with Gasteiger partial charge in [-0.1, -0.05) is 6.07 Å². The highest BCUT2D eigenvalue weighted by Crippen LogP contribution is 2.25. The lowest BCUT2D eigenvalue weighted by molar-refractivity contribution is 0.101. The summed E-state index contributed by atoms with van der Waals surface area (Å²) in [6.45, 7) is 0.134. The van der Waals surface area contributed by atoms with E-state index < -0.39 is 0 Å². The molecule has 0 saturated heterocycles. The van der Waals surface area contributed by atoms with E-state index in [1.54, 1.807) is 66.7 Å². The standard InChI is InChI=1S/C21H21N5O2/c22-12-17-18(25-20(27)13-4-8-15(23)9-5-13)2-1-3-19(17)26-21(28)14-6-10-16(24)11-7-14/h1-11H,12,22-24H2,(H,25,27)(H,26,28). The maximum Gasteiger partial charge on any atom is 0.255 e. The molecule has 142 valence electrons. The number of hydrogen-bond donors (Lipinski definition) is 5. The van der Waals surface area contributed by atoms with Crippen molar-refractivity contribution in [2.24, 2.45) is 5.73 Å². The van der Waals surface area contributed by atoms with Crippen LogP contribution in [0.15, 0.2) is 66.7 Å². The summed E-state index contributed by atoms with van der Waals surface area (Å²) in [5.74, 6) is -0.589. The zero-order valence-electron chi connectivity index (χ0n) is 15.1. The van der Waals surface area contributed by atoms with Crippen LogP contribution in [-0.4, -0.2) is 11.8 Å². The first-order valence-electron chi connectivity index (χ1n) is 8.63. The summed E-state index contributed by atoms with van der Waals surface area (Å²) in [5, 5.41) is 5.66. The predicted octanol–water partition coefficient (Wildman–Crippen LogP) is 2.81. The predicted molar refractivity (Wildman–Crippen MR) is 112 cm³/mol. The Morgan fingerprint density at radius 1 is 0.679 bits per heavy atom. The van der Waals surface area contributed by atoms with Gasteiger partial charge in [-0.2, -0.15) is 0 Å². The molecule has 0 atom stereocenters. The van der Waals surface area contributed by atoms with E-state index >= 15 is 0 Å². The molecule has 0 aliphatic heterocycles. The third kappa shape index (κ3) is 4.28. The van der Waals surface area contributed by atoms with Crippen LogP contribution in [0.2, 0.25) is 0 Å². The Morgan fingerprint density at radius 3 is 1.43 bits per heavy atom. The molecule has 0 bridgehead atoms. The van der Waals surface area contributed by atoms with Crippen molar-refractivity contribution in [3.63, 3.8) is 0 Å². The molecule has 7 heteroatoms. The topological polar surface area (TPSA) is 136 Å². The van der Waals surface area contributed by atoms with Crippen LogP contribution in [0.25, 0.3) is 0 Å². The third-order valence-electron chi connectivity index (χ3n) is 4.22. The number of anilines is 4. The molecule has 28 heavy (non-hydrogen) atoms. The summed E-state index contributed by atoms with van der Waals surface area (Å²) in [7, 11) is 0. The fourth-order valence-corrected chi connectivity index (χ4v) is 2.70. The van der Waals surface area contributed by atoms with Crippen molar-refractivity contribution >= 4 is 34.6 Å². The van der Waals surface area contributed by atoms with Gasteiger partial charge in [0.25, 0.3) is 11.8 Å². The van der Waals surface area contributed by atoms with E-state index in [-0.39, 0.29) is 18.4 Å². The minimum absolute atomic E-state index is 0.134. The summed E-state index contributed by atoms with van der Waals surface area (Å²) in [6.07, 6.45) is 0. The summed E-state index contributed by atoms with van der Waals surface area (Å²) >= 11 is 0. The van der Waals surface area contributed by atoms with Gasteiger partial charge >= 0.3 is 0 Å². The summed E-state index contributed by atoms with van der Waals surface area (Å²) in [4.78, 5) is 25.0. The van der Waals surface area contributed by atoms with Gasteiger partial charge in [-0.05, 0) is 60.7 Å². The first kappa shape index (κ1) is 18.9. The molecular formula is C21H21N5O2. The molecule has 3 aromatic rings. The van der Waals surface area contributed by atoms with Gasteiger partial charge in [0, 0.05) is 46.0 Å². The van der Waals surface area contributed by atoms with Crippen LogP contribution < -0.4 is 27.8 Å². The average Bonchev–Trinajstić information content (AvgIpc) is 2.69. The molecular weight excluding hydrogens is 354 g/mol. The normalized spacial score (nSPS) is 10.3. The second-order valence-electron chi connectivity index (χ2n) is 6.19. The average molecular weight is 375 g/mol. The van der Waals surface area contributed by atoms with Crippen molar-refractivity contribution in [3.8, 4) is 0 Å². The van der Waals surface area contributed by atoms with E-state index in [4.69, 9.17) is 17.2 Å². The monoisotopic (exact) mass is 375 g/mol. The minimum Gasteiger partial charge on any atom is -0.399 e. The van der Waals surface area contributed by atoms with Gasteiger partial charge in [0.1, 0.15) is 0 Å². The highest BCUT2D eigenvalue weighted by Gasteiger charge is 2.14. The summed E-state index contributed by atoms with van der Waals surface area (Å²) < 4.78 is 0. The fourth-order valence-electron chi connectivity index (χ4n) is 2.70. The van der Waals surface area contributed by atoms with Crippen molar-refractivity contribution in [2.75, 3.05) is 22.1 Å². The van der Waals surface area contributed by atoms with Crippen LogP contribution in [0.5, 0.6) is 0 Å². The molecule has 0 heterocycles. The molecule has 7 nitrogen and oxygen atoms in total. The first-order chi connectivity index (χ1) is 13.5. The summed E-state index contributed by atoms with van der Waals surface area (Å²) in [6, 6.07) is 18.4. The molecule has 0 aliphatic rings. The van der Waals surface area contributed by atoms with Gasteiger partial charge < -0.3 is 27.8 Å². The maximum atomic E-state index is 12.5. The molecule has 0 radical (unpaired) electrons. The number of hydrogen-bond acceptors (Lipinski definition) is 5. The molecule has 0 aliphatic carbocycles. The first-order valence-corrected chi connectivity index (χ1v) is 8.63. The molecule has 2 amide bonds. The van der Waals surface area contributed by atoms with E-state index in [1.165, 1.54) is 0 Å². The largest absolute Gasteiger partial charge is 0.399 e. The number of amides is 2. The van der Waals surface area contributed by atoms with E-state index in [1.807, 2.05) is 0 Å². The number of nitrogens with two attached hydrogens (primary N) is 3. The van der Waals surface area contributed by atoms with Crippen molar-refractivity contribution in [1.82, 2.24) is 0 Å². The Labute approximate surface area is 162 Å². The van der Waals surface area contributed by atoms with E-state index in [0.29, 0.717) is 39.4 Å². The van der Waals surface area contributed by atoms with E-state index in [0.717, 1.165) is 0 Å². The zero-order chi connectivity index (χ0) is 20.1. The van der Waals surface area contributed by atoms with Gasteiger partial charge in [-0.3, -0.25) is 9.59 Å². The number of rotatable bonds is 5. The number of nitrogens with one attached hydrogen (secondary N) is 2. The molecule has 0 saturated carbocycles. The smallest absolute Gasteiger partial charge is 0.255 e. The molecule has 0 unspecified atom stereocenters. The molecule has 3 rings (SSSR count). The van der Waals surface area contributed by atoms with Crippen LogP contribution in [0, 0.1) is 0 Å². The number of carbonyl (C=O) groups excluding carboxylic acids is 2. The van der Waals surface area contributed by atoms with Crippen LogP contribution in [0.1, 0.15) is 26.3 Å². The van der Waals surface area contributed by atoms with Crippen LogP contribution >= 0.6 is 0 Å². The maximum absolute atomic E-state index is 12.5. The van der Waals surface area contributed by atoms with E-state index in [2.05, 4.69) is 10.6 Å². The Morgan fingerprint density at radius 2 is 1.07 bits per heavy atom. The molecule has 0 spiro atoms. The van der Waals surface area contributed by atoms with E-state index in [9.17, 15) is 9.59 Å². The molecule has 8 N–H and O–H groups in total. The molecule has 0 fully saturated rings. The fraction of sp³-hybridized carbons (Fsp3) is 0.0476. The van der Waals surface area contributed by atoms with Crippen molar-refractivity contribution in [1.29, 1.82) is 0 Å². The quantitative estimate of drug-likeness (QED) is 0.437. The third-order valence-corrected chi connectivity index (χ3v) is 4.22. The van der Waals surface area contributed by atoms with Gasteiger partial charge in [0.05, 0.1) is 0 Å². The Bertz CT molecular complexity index is 921. The Hall–Kier alpha value is -3.84. The van der Waals surface area contributed by atoms with Gasteiger partial charge in [-0.15, -0.1) is 0 Å². The lowest BCUT2D eigenvalue weighted by Crippen LogP contribution is -2.18. The highest BCUT2D eigenvalue weighted by atomic mass is 16.2. The SMILES string of the molecule is NCc1c(NC(=O)c2ccc(N)cc2)cccc1NC(=O)c1ccc(N)cc1. The van der Waals surface area contributed by atoms with Crippen LogP contribution in [0.4, 0.5) is 22.7 Å². The summed E-state index contributed by atoms with van der Waals surface area (Å²) in [5.41, 5.74) is 20.9. The van der Waals surface area contributed by atoms with Crippen molar-refractivity contribution < 1.29 is 9.59 Å². The number of benzene rings is 3.